The van der Waals surface area contributed by atoms with Gasteiger partial charge in [-0.15, -0.1) is 22.0 Å². The molecule has 0 aliphatic carbocycles. The van der Waals surface area contributed by atoms with E-state index in [2.05, 4.69) is 42.5 Å². The van der Waals surface area contributed by atoms with Crippen LogP contribution in [0.15, 0.2) is 51.2 Å². The highest BCUT2D eigenvalue weighted by atomic mass is 32.2. The molecule has 192 valence electrons. The number of carboxylic acid groups (broad SMARTS) is 1. The average Bonchev–Trinajstić information content (AvgIpc) is 3.42. The lowest BCUT2D eigenvalue weighted by molar-refractivity contribution is -0.150. The first-order valence-electron chi connectivity index (χ1n) is 10.4. The summed E-state index contributed by atoms with van der Waals surface area (Å²) < 4.78 is 0.685. The Balaban J connectivity index is 1.51. The first-order valence-corrected chi connectivity index (χ1v) is 13.3. The zero-order valence-corrected chi connectivity index (χ0v) is 21.2. The first-order chi connectivity index (χ1) is 17.9. The molecule has 1 unspecified atom stereocenters. The number of nitrogens with one attached hydrogen (secondary N) is 2. The van der Waals surface area contributed by atoms with Crippen molar-refractivity contribution < 1.29 is 29.1 Å². The molecular formula is C20H18N8O6S3. The quantitative estimate of drug-likeness (QED) is 0.0612. The summed E-state index contributed by atoms with van der Waals surface area (Å²) in [6.07, 6.45) is 3.13. The van der Waals surface area contributed by atoms with Crippen LogP contribution in [0.2, 0.25) is 0 Å². The zero-order valence-electron chi connectivity index (χ0n) is 18.8. The summed E-state index contributed by atoms with van der Waals surface area (Å²) in [7, 11) is 0. The van der Waals surface area contributed by atoms with E-state index in [0.29, 0.717) is 27.8 Å². The van der Waals surface area contributed by atoms with Crippen LogP contribution in [0.1, 0.15) is 5.82 Å². The van der Waals surface area contributed by atoms with Gasteiger partial charge in [-0.3, -0.25) is 19.3 Å². The molecule has 2 aliphatic rings. The van der Waals surface area contributed by atoms with Crippen molar-refractivity contribution in [2.45, 2.75) is 15.8 Å². The molecule has 4 heterocycles. The number of amides is 3. The smallest absolute Gasteiger partial charge is 0.352 e. The van der Waals surface area contributed by atoms with Crippen LogP contribution in [0.3, 0.4) is 0 Å². The minimum atomic E-state index is -1.23. The predicted octanol–water partition coefficient (Wildman–Crippen LogP) is 0.334. The van der Waals surface area contributed by atoms with Crippen LogP contribution in [-0.4, -0.2) is 89.6 Å². The molecule has 37 heavy (non-hydrogen) atoms. The molecule has 2 aromatic heterocycles. The molecule has 0 saturated carbocycles. The van der Waals surface area contributed by atoms with Gasteiger partial charge in [-0.25, -0.2) is 14.8 Å². The number of rotatable bonds is 12. The van der Waals surface area contributed by atoms with Crippen molar-refractivity contribution in [1.82, 2.24) is 30.4 Å². The number of carbonyl (C=O) groups excluding carboxylic acids is 3. The number of fused-ring (bicyclic) bond motifs is 1. The summed E-state index contributed by atoms with van der Waals surface area (Å²) in [5.41, 5.74) is 1.70. The Morgan fingerprint density at radius 2 is 2.27 bits per heavy atom. The van der Waals surface area contributed by atoms with Gasteiger partial charge in [0, 0.05) is 17.7 Å². The Bertz CT molecular complexity index is 1280. The Hall–Kier alpha value is -3.83. The summed E-state index contributed by atoms with van der Waals surface area (Å²) in [5.74, 6) is -1.99. The van der Waals surface area contributed by atoms with Gasteiger partial charge in [-0.05, 0) is 11.6 Å². The number of aliphatic carboxylic acids is 1. The molecule has 0 radical (unpaired) electrons. The highest BCUT2D eigenvalue weighted by molar-refractivity contribution is 8.01. The van der Waals surface area contributed by atoms with Crippen LogP contribution >= 0.6 is 34.9 Å². The molecule has 2 aliphatic heterocycles. The van der Waals surface area contributed by atoms with E-state index in [9.17, 15) is 24.3 Å². The van der Waals surface area contributed by atoms with Gasteiger partial charge >= 0.3 is 5.97 Å². The fourth-order valence-electron chi connectivity index (χ4n) is 3.33. The minimum absolute atomic E-state index is 0.0116. The average molecular weight is 563 g/mol. The molecule has 3 N–H and O–H groups in total. The maximum Gasteiger partial charge on any atom is 0.352 e. The molecular weight excluding hydrogens is 544 g/mol. The minimum Gasteiger partial charge on any atom is -0.477 e. The Labute approximate surface area is 221 Å². The molecule has 2 aromatic rings. The summed E-state index contributed by atoms with van der Waals surface area (Å²) in [6.45, 7) is 3.50. The summed E-state index contributed by atoms with van der Waals surface area (Å²) in [4.78, 5) is 63.2. The monoisotopic (exact) mass is 562 g/mol. The number of aromatic nitrogens is 4. The molecule has 0 aromatic carbocycles. The maximum atomic E-state index is 13.1. The number of carboxylic acids is 1. The predicted molar refractivity (Wildman–Crippen MR) is 135 cm³/mol. The third kappa shape index (κ3) is 5.78. The van der Waals surface area contributed by atoms with Crippen molar-refractivity contribution in [2.24, 2.45) is 5.16 Å². The van der Waals surface area contributed by atoms with Gasteiger partial charge in [-0.2, -0.15) is 0 Å². The van der Waals surface area contributed by atoms with Crippen molar-refractivity contribution in [3.05, 3.63) is 47.5 Å². The SMILES string of the molecule is C=CCON=C(C(=O)NC1C(=O)N2C(C(=O)O)=C(CSc3nncs3)CS[C@@H]12)c1nccc(NC=O)n1. The standard InChI is InChI=1S/C20H18N8O6S3/c1-2-5-34-27-12(15-21-4-3-11(24-15)22-8-29)16(30)25-13-17(31)28-14(19(32)33)10(6-35-18(13)28)7-36-20-26-23-9-37-20/h2-4,8-9,13,18H,1,5-7H2,(H,25,30)(H,32,33)(H,21,22,24,29)/t13?,18-/m0/s1. The van der Waals surface area contributed by atoms with E-state index >= 15 is 0 Å². The Morgan fingerprint density at radius 3 is 2.97 bits per heavy atom. The normalized spacial score (nSPS) is 19.0. The van der Waals surface area contributed by atoms with E-state index in [4.69, 9.17) is 4.84 Å². The van der Waals surface area contributed by atoms with Crippen LogP contribution in [0.25, 0.3) is 0 Å². The van der Waals surface area contributed by atoms with Gasteiger partial charge in [0.2, 0.25) is 12.1 Å². The van der Waals surface area contributed by atoms with Gasteiger partial charge in [0.15, 0.2) is 10.2 Å². The highest BCUT2D eigenvalue weighted by Gasteiger charge is 2.54. The molecule has 1 fully saturated rings. The van der Waals surface area contributed by atoms with Gasteiger partial charge < -0.3 is 20.6 Å². The number of carbonyl (C=O) groups is 4. The first kappa shape index (κ1) is 26.2. The van der Waals surface area contributed by atoms with Crippen LogP contribution in [0, 0.1) is 0 Å². The topological polar surface area (TPSA) is 189 Å². The van der Waals surface area contributed by atoms with Crippen molar-refractivity contribution in [3.8, 4) is 0 Å². The third-order valence-corrected chi connectivity index (χ3v) is 8.17. The van der Waals surface area contributed by atoms with E-state index in [1.807, 2.05) is 0 Å². The Morgan fingerprint density at radius 1 is 1.43 bits per heavy atom. The number of hydrogen-bond acceptors (Lipinski definition) is 13. The molecule has 3 amide bonds. The van der Waals surface area contributed by atoms with E-state index in [-0.39, 0.29) is 29.7 Å². The molecule has 14 nitrogen and oxygen atoms in total. The van der Waals surface area contributed by atoms with E-state index in [1.165, 1.54) is 58.1 Å². The largest absolute Gasteiger partial charge is 0.477 e. The fourth-order valence-corrected chi connectivity index (χ4v) is 6.30. The third-order valence-electron chi connectivity index (χ3n) is 4.88. The summed E-state index contributed by atoms with van der Waals surface area (Å²) >= 11 is 4.00. The van der Waals surface area contributed by atoms with Crippen LogP contribution in [-0.2, 0) is 24.0 Å². The number of oxime groups is 1. The van der Waals surface area contributed by atoms with Gasteiger partial charge in [0.1, 0.15) is 35.0 Å². The van der Waals surface area contributed by atoms with Gasteiger partial charge in [0.25, 0.3) is 11.8 Å². The lowest BCUT2D eigenvalue weighted by Crippen LogP contribution is -2.71. The lowest BCUT2D eigenvalue weighted by atomic mass is 10.0. The lowest BCUT2D eigenvalue weighted by Gasteiger charge is -2.49. The molecule has 0 spiro atoms. The Kier molecular flexibility index (Phi) is 8.47. The number of β-lactam (4-membered cyclic amide) rings is 1. The number of hydrogen-bond donors (Lipinski definition) is 3. The molecule has 0 bridgehead atoms. The van der Waals surface area contributed by atoms with Gasteiger partial charge in [0.05, 0.1) is 0 Å². The van der Waals surface area contributed by atoms with E-state index in [1.54, 1.807) is 5.51 Å². The molecule has 2 atom stereocenters. The maximum absolute atomic E-state index is 13.1. The molecule has 4 rings (SSSR count). The van der Waals surface area contributed by atoms with E-state index < -0.39 is 29.2 Å². The number of nitrogens with zero attached hydrogens (tertiary/aromatic N) is 6. The van der Waals surface area contributed by atoms with Crippen LogP contribution < -0.4 is 10.6 Å². The summed E-state index contributed by atoms with van der Waals surface area (Å²) in [6, 6.07) is 0.398. The van der Waals surface area contributed by atoms with Crippen molar-refractivity contribution >= 4 is 70.6 Å². The van der Waals surface area contributed by atoms with Gasteiger partial charge in [-0.1, -0.05) is 40.9 Å². The zero-order chi connectivity index (χ0) is 26.4. The fraction of sp³-hybridized carbons (Fsp3) is 0.250. The van der Waals surface area contributed by atoms with Crippen LogP contribution in [0.5, 0.6) is 0 Å². The summed E-state index contributed by atoms with van der Waals surface area (Å²) in [5, 5.41) is 25.6. The molecule has 1 saturated heterocycles. The number of anilines is 1. The second-order valence-corrected chi connectivity index (χ2v) is 10.3. The second-order valence-electron chi connectivity index (χ2n) is 7.16. The second kappa shape index (κ2) is 11.9. The molecule has 17 heteroatoms. The van der Waals surface area contributed by atoms with Crippen molar-refractivity contribution in [3.63, 3.8) is 0 Å². The number of thioether (sulfide) groups is 2. The van der Waals surface area contributed by atoms with Crippen LogP contribution in [0.4, 0.5) is 5.82 Å². The van der Waals surface area contributed by atoms with E-state index in [0.717, 1.165) is 0 Å². The van der Waals surface area contributed by atoms with Crippen molar-refractivity contribution in [1.29, 1.82) is 0 Å². The highest BCUT2D eigenvalue weighted by Crippen LogP contribution is 2.41. The van der Waals surface area contributed by atoms with Crippen molar-refractivity contribution in [2.75, 3.05) is 23.4 Å².